The number of likely N-dealkylation sites (tertiary alicyclic amines) is 1. The predicted molar refractivity (Wildman–Crippen MR) is 73.6 cm³/mol. The number of carboxylic acids is 1. The summed E-state index contributed by atoms with van der Waals surface area (Å²) in [4.78, 5) is 25.3. The first-order valence-corrected chi connectivity index (χ1v) is 6.80. The molecular formula is C15H19NO4. The van der Waals surface area contributed by atoms with Crippen LogP contribution >= 0.6 is 0 Å². The number of amides is 1. The molecule has 1 aromatic carbocycles. The predicted octanol–water partition coefficient (Wildman–Crippen LogP) is 2.11. The number of piperidine rings is 1. The van der Waals surface area contributed by atoms with Gasteiger partial charge in [0, 0.05) is 18.7 Å². The molecule has 1 saturated heterocycles. The quantitative estimate of drug-likeness (QED) is 0.887. The smallest absolute Gasteiger partial charge is 0.309 e. The van der Waals surface area contributed by atoms with E-state index in [0.717, 1.165) is 0 Å². The highest BCUT2D eigenvalue weighted by Crippen LogP contribution is 2.35. The standard InChI is InChI=1S/C15H19NO4/c1-2-15(14(19)20)7-9-16(10-8-15)13(18)11-3-5-12(17)6-4-11/h3-6,17H,2,7-10H2,1H3,(H,19,20). The number of aromatic hydroxyl groups is 1. The molecular weight excluding hydrogens is 258 g/mol. The molecule has 0 bridgehead atoms. The van der Waals surface area contributed by atoms with E-state index in [4.69, 9.17) is 0 Å². The topological polar surface area (TPSA) is 77.8 Å². The monoisotopic (exact) mass is 277 g/mol. The van der Waals surface area contributed by atoms with Crippen LogP contribution < -0.4 is 0 Å². The lowest BCUT2D eigenvalue weighted by atomic mass is 9.76. The van der Waals surface area contributed by atoms with Crippen LogP contribution in [-0.4, -0.2) is 40.1 Å². The Hall–Kier alpha value is -2.04. The average molecular weight is 277 g/mol. The summed E-state index contributed by atoms with van der Waals surface area (Å²) in [5, 5.41) is 18.6. The van der Waals surface area contributed by atoms with Gasteiger partial charge in [0.05, 0.1) is 5.41 Å². The first kappa shape index (κ1) is 14.4. The molecule has 2 N–H and O–H groups in total. The zero-order valence-electron chi connectivity index (χ0n) is 11.5. The molecule has 0 atom stereocenters. The summed E-state index contributed by atoms with van der Waals surface area (Å²) >= 11 is 0. The van der Waals surface area contributed by atoms with Gasteiger partial charge in [-0.3, -0.25) is 9.59 Å². The van der Waals surface area contributed by atoms with Gasteiger partial charge in [-0.05, 0) is 43.5 Å². The van der Waals surface area contributed by atoms with Gasteiger partial charge in [-0.1, -0.05) is 6.92 Å². The first-order valence-electron chi connectivity index (χ1n) is 6.80. The Kier molecular flexibility index (Phi) is 3.97. The normalized spacial score (nSPS) is 17.8. The van der Waals surface area contributed by atoms with E-state index in [9.17, 15) is 19.8 Å². The highest BCUT2D eigenvalue weighted by molar-refractivity contribution is 5.94. The lowest BCUT2D eigenvalue weighted by Gasteiger charge is -2.38. The van der Waals surface area contributed by atoms with E-state index >= 15 is 0 Å². The van der Waals surface area contributed by atoms with Crippen molar-refractivity contribution in [1.82, 2.24) is 4.90 Å². The van der Waals surface area contributed by atoms with Gasteiger partial charge in [0.1, 0.15) is 5.75 Å². The molecule has 5 heteroatoms. The Morgan fingerprint density at radius 3 is 2.20 bits per heavy atom. The van der Waals surface area contributed by atoms with Crippen molar-refractivity contribution in [2.75, 3.05) is 13.1 Å². The Morgan fingerprint density at radius 1 is 1.20 bits per heavy atom. The van der Waals surface area contributed by atoms with Gasteiger partial charge in [0.25, 0.3) is 5.91 Å². The molecule has 20 heavy (non-hydrogen) atoms. The summed E-state index contributed by atoms with van der Waals surface area (Å²) in [5.41, 5.74) is -0.173. The van der Waals surface area contributed by atoms with Crippen LogP contribution in [0.1, 0.15) is 36.5 Å². The summed E-state index contributed by atoms with van der Waals surface area (Å²) in [6, 6.07) is 6.11. The van der Waals surface area contributed by atoms with Crippen LogP contribution in [0.3, 0.4) is 0 Å². The van der Waals surface area contributed by atoms with Crippen molar-refractivity contribution in [1.29, 1.82) is 0 Å². The van der Waals surface area contributed by atoms with E-state index in [-0.39, 0.29) is 11.7 Å². The Labute approximate surface area is 117 Å². The number of carboxylic acid groups (broad SMARTS) is 1. The Balaban J connectivity index is 2.05. The van der Waals surface area contributed by atoms with Crippen molar-refractivity contribution in [2.45, 2.75) is 26.2 Å². The average Bonchev–Trinajstić information content (AvgIpc) is 2.47. The first-order chi connectivity index (χ1) is 9.48. The van der Waals surface area contributed by atoms with Crippen LogP contribution in [0.25, 0.3) is 0 Å². The van der Waals surface area contributed by atoms with Gasteiger partial charge in [-0.15, -0.1) is 0 Å². The number of hydrogen-bond donors (Lipinski definition) is 2. The highest BCUT2D eigenvalue weighted by atomic mass is 16.4. The van der Waals surface area contributed by atoms with E-state index < -0.39 is 11.4 Å². The number of aliphatic carboxylic acids is 1. The molecule has 1 fully saturated rings. The molecule has 1 heterocycles. The molecule has 1 aliphatic heterocycles. The van der Waals surface area contributed by atoms with Crippen LogP contribution in [0, 0.1) is 5.41 Å². The molecule has 0 spiro atoms. The van der Waals surface area contributed by atoms with Crippen LogP contribution in [0.4, 0.5) is 0 Å². The third kappa shape index (κ3) is 2.61. The van der Waals surface area contributed by atoms with Crippen molar-refractivity contribution in [2.24, 2.45) is 5.41 Å². The van der Waals surface area contributed by atoms with Crippen molar-refractivity contribution >= 4 is 11.9 Å². The summed E-state index contributed by atoms with van der Waals surface area (Å²) in [6.07, 6.45) is 1.56. The fraction of sp³-hybridized carbons (Fsp3) is 0.467. The van der Waals surface area contributed by atoms with Crippen molar-refractivity contribution < 1.29 is 19.8 Å². The van der Waals surface area contributed by atoms with Crippen LogP contribution in [0.5, 0.6) is 5.75 Å². The number of phenolic OH excluding ortho intramolecular Hbond substituents is 1. The van der Waals surface area contributed by atoms with Crippen LogP contribution in [-0.2, 0) is 4.79 Å². The molecule has 0 radical (unpaired) electrons. The number of hydrogen-bond acceptors (Lipinski definition) is 3. The Bertz CT molecular complexity index is 501. The maximum absolute atomic E-state index is 12.3. The third-order valence-electron chi connectivity index (χ3n) is 4.25. The lowest BCUT2D eigenvalue weighted by molar-refractivity contribution is -0.152. The Morgan fingerprint density at radius 2 is 1.75 bits per heavy atom. The number of carbonyl (C=O) groups is 2. The van der Waals surface area contributed by atoms with E-state index in [1.807, 2.05) is 6.92 Å². The van der Waals surface area contributed by atoms with Gasteiger partial charge in [0.2, 0.25) is 0 Å². The second kappa shape index (κ2) is 5.53. The lowest BCUT2D eigenvalue weighted by Crippen LogP contribution is -2.46. The van der Waals surface area contributed by atoms with Gasteiger partial charge in [-0.2, -0.15) is 0 Å². The van der Waals surface area contributed by atoms with E-state index in [1.54, 1.807) is 17.0 Å². The maximum atomic E-state index is 12.3. The number of carbonyl (C=O) groups excluding carboxylic acids is 1. The minimum atomic E-state index is -0.767. The molecule has 1 aliphatic rings. The molecule has 108 valence electrons. The largest absolute Gasteiger partial charge is 0.508 e. The van der Waals surface area contributed by atoms with E-state index in [0.29, 0.717) is 37.9 Å². The van der Waals surface area contributed by atoms with Crippen molar-refractivity contribution in [3.63, 3.8) is 0 Å². The molecule has 2 rings (SSSR count). The van der Waals surface area contributed by atoms with Crippen molar-refractivity contribution in [3.8, 4) is 5.75 Å². The molecule has 5 nitrogen and oxygen atoms in total. The third-order valence-corrected chi connectivity index (χ3v) is 4.25. The van der Waals surface area contributed by atoms with E-state index in [1.165, 1.54) is 12.1 Å². The zero-order valence-corrected chi connectivity index (χ0v) is 11.5. The van der Waals surface area contributed by atoms with Crippen molar-refractivity contribution in [3.05, 3.63) is 29.8 Å². The number of benzene rings is 1. The second-order valence-corrected chi connectivity index (χ2v) is 5.28. The van der Waals surface area contributed by atoms with Crippen LogP contribution in [0.2, 0.25) is 0 Å². The molecule has 0 unspecified atom stereocenters. The van der Waals surface area contributed by atoms with Gasteiger partial charge < -0.3 is 15.1 Å². The fourth-order valence-electron chi connectivity index (χ4n) is 2.64. The summed E-state index contributed by atoms with van der Waals surface area (Å²) in [6.45, 7) is 2.80. The molecule has 0 aromatic heterocycles. The number of nitrogens with zero attached hydrogens (tertiary/aromatic N) is 1. The number of phenols is 1. The minimum absolute atomic E-state index is 0.111. The van der Waals surface area contributed by atoms with E-state index in [2.05, 4.69) is 0 Å². The minimum Gasteiger partial charge on any atom is -0.508 e. The molecule has 0 saturated carbocycles. The zero-order chi connectivity index (χ0) is 14.8. The second-order valence-electron chi connectivity index (χ2n) is 5.28. The fourth-order valence-corrected chi connectivity index (χ4v) is 2.64. The highest BCUT2D eigenvalue weighted by Gasteiger charge is 2.40. The van der Waals surface area contributed by atoms with Crippen LogP contribution in [0.15, 0.2) is 24.3 Å². The summed E-state index contributed by atoms with van der Waals surface area (Å²) in [7, 11) is 0. The van der Waals surface area contributed by atoms with Gasteiger partial charge in [0.15, 0.2) is 0 Å². The van der Waals surface area contributed by atoms with Gasteiger partial charge in [-0.25, -0.2) is 0 Å². The maximum Gasteiger partial charge on any atom is 0.309 e. The summed E-state index contributed by atoms with van der Waals surface area (Å²) < 4.78 is 0. The van der Waals surface area contributed by atoms with Gasteiger partial charge >= 0.3 is 5.97 Å². The summed E-state index contributed by atoms with van der Waals surface area (Å²) in [5.74, 6) is -0.757. The SMILES string of the molecule is CCC1(C(=O)O)CCN(C(=O)c2ccc(O)cc2)CC1. The molecule has 0 aliphatic carbocycles. The molecule has 1 aromatic rings. The number of rotatable bonds is 3. The molecule has 1 amide bonds.